The second-order valence-corrected chi connectivity index (χ2v) is 4.01. The Morgan fingerprint density at radius 1 is 0.944 bits per heavy atom. The molecule has 0 aliphatic heterocycles. The molecule has 0 fully saturated rings. The van der Waals surface area contributed by atoms with E-state index in [4.69, 9.17) is 0 Å². The highest BCUT2D eigenvalue weighted by Crippen LogP contribution is 2.54. The first-order valence-corrected chi connectivity index (χ1v) is 5.01. The second-order valence-electron chi connectivity index (χ2n) is 4.01. The first-order valence-electron chi connectivity index (χ1n) is 5.01. The average molecular weight is 272 g/mol. The van der Waals surface area contributed by atoms with E-state index in [1.807, 2.05) is 0 Å². The molecule has 0 aliphatic rings. The number of allylic oxidation sites excluding steroid dienone is 5. The molecule has 0 nitrogen and oxygen atoms in total. The number of hydrogen-bond acceptors (Lipinski definition) is 0. The quantitative estimate of drug-likeness (QED) is 0.489. The molecule has 0 unspecified atom stereocenters. The highest BCUT2D eigenvalue weighted by molar-refractivity contribution is 5.31. The maximum atomic E-state index is 12.6. The lowest BCUT2D eigenvalue weighted by atomic mass is 9.81. The molecule has 0 heterocycles. The lowest BCUT2D eigenvalue weighted by Gasteiger charge is -2.34. The summed E-state index contributed by atoms with van der Waals surface area (Å²) >= 11 is 0. The van der Waals surface area contributed by atoms with Gasteiger partial charge in [-0.3, -0.25) is 0 Å². The third-order valence-corrected chi connectivity index (χ3v) is 2.78. The summed E-state index contributed by atoms with van der Waals surface area (Å²) in [7, 11) is 0. The smallest absolute Gasteiger partial charge is 0.170 e. The van der Waals surface area contributed by atoms with E-state index in [2.05, 4.69) is 6.58 Å². The zero-order chi connectivity index (χ0) is 14.8. The van der Waals surface area contributed by atoms with Crippen molar-refractivity contribution in [3.05, 3.63) is 36.0 Å². The SMILES string of the molecule is C=C(/C=C\C(C)=C\C)C(C)(C(F)(F)F)C(F)(F)F. The van der Waals surface area contributed by atoms with Crippen LogP contribution in [0, 0.1) is 5.41 Å². The predicted octanol–water partition coefficient (Wildman–Crippen LogP) is 5.20. The van der Waals surface area contributed by atoms with Gasteiger partial charge in [-0.15, -0.1) is 0 Å². The fourth-order valence-corrected chi connectivity index (χ4v) is 1.02. The van der Waals surface area contributed by atoms with Gasteiger partial charge in [-0.25, -0.2) is 0 Å². The standard InChI is InChI=1S/C12H14F6/c1-5-8(2)6-7-9(3)10(4,11(13,14)15)12(16,17)18/h5-7H,3H2,1-2,4H3/b7-6-,8-5+. The number of halogens is 6. The van der Waals surface area contributed by atoms with Crippen LogP contribution in [0.15, 0.2) is 36.0 Å². The highest BCUT2D eigenvalue weighted by atomic mass is 19.4. The van der Waals surface area contributed by atoms with Crippen molar-refractivity contribution in [2.24, 2.45) is 5.41 Å². The van der Waals surface area contributed by atoms with Gasteiger partial charge >= 0.3 is 12.4 Å². The Hall–Kier alpha value is -1.20. The molecule has 0 aliphatic carbocycles. The van der Waals surface area contributed by atoms with Crippen molar-refractivity contribution in [3.8, 4) is 0 Å². The van der Waals surface area contributed by atoms with E-state index in [-0.39, 0.29) is 6.92 Å². The van der Waals surface area contributed by atoms with Gasteiger partial charge in [-0.2, -0.15) is 26.3 Å². The fraction of sp³-hybridized carbons (Fsp3) is 0.500. The van der Waals surface area contributed by atoms with Crippen LogP contribution in [0.5, 0.6) is 0 Å². The third-order valence-electron chi connectivity index (χ3n) is 2.78. The van der Waals surface area contributed by atoms with E-state index >= 15 is 0 Å². The summed E-state index contributed by atoms with van der Waals surface area (Å²) < 4.78 is 75.8. The Kier molecular flexibility index (Phi) is 4.85. The van der Waals surface area contributed by atoms with Crippen LogP contribution in [0.25, 0.3) is 0 Å². The fourth-order valence-electron chi connectivity index (χ4n) is 1.02. The molecule has 0 bridgehead atoms. The van der Waals surface area contributed by atoms with E-state index in [0.29, 0.717) is 5.57 Å². The largest absolute Gasteiger partial charge is 0.406 e. The monoisotopic (exact) mass is 272 g/mol. The van der Waals surface area contributed by atoms with E-state index in [1.165, 1.54) is 0 Å². The van der Waals surface area contributed by atoms with Crippen LogP contribution in [0.4, 0.5) is 26.3 Å². The third kappa shape index (κ3) is 3.17. The van der Waals surface area contributed by atoms with Crippen LogP contribution >= 0.6 is 0 Å². The average Bonchev–Trinajstić information content (AvgIpc) is 2.20. The zero-order valence-corrected chi connectivity index (χ0v) is 10.2. The second kappa shape index (κ2) is 5.20. The topological polar surface area (TPSA) is 0 Å². The Bertz CT molecular complexity index is 353. The van der Waals surface area contributed by atoms with E-state index in [0.717, 1.165) is 12.2 Å². The molecule has 0 radical (unpaired) electrons. The molecule has 0 atom stereocenters. The minimum absolute atomic E-state index is 0.0880. The maximum absolute atomic E-state index is 12.6. The van der Waals surface area contributed by atoms with Crippen molar-refractivity contribution in [2.75, 3.05) is 0 Å². The van der Waals surface area contributed by atoms with Gasteiger partial charge in [-0.1, -0.05) is 30.4 Å². The van der Waals surface area contributed by atoms with Crippen molar-refractivity contribution in [3.63, 3.8) is 0 Å². The van der Waals surface area contributed by atoms with Crippen molar-refractivity contribution in [1.29, 1.82) is 0 Å². The summed E-state index contributed by atoms with van der Waals surface area (Å²) in [6.07, 6.45) is -7.43. The van der Waals surface area contributed by atoms with Crippen LogP contribution < -0.4 is 0 Å². The minimum Gasteiger partial charge on any atom is -0.170 e. The van der Waals surface area contributed by atoms with Crippen LogP contribution in [-0.4, -0.2) is 12.4 Å². The first-order chi connectivity index (χ1) is 7.88. The summed E-state index contributed by atoms with van der Waals surface area (Å²) in [5.74, 6) is 0. The molecule has 0 aromatic heterocycles. The van der Waals surface area contributed by atoms with Gasteiger partial charge in [0.25, 0.3) is 0 Å². The number of rotatable bonds is 3. The van der Waals surface area contributed by atoms with Crippen molar-refractivity contribution in [1.82, 2.24) is 0 Å². The first kappa shape index (κ1) is 16.8. The summed E-state index contributed by atoms with van der Waals surface area (Å²) in [6.45, 7) is 6.18. The molecule has 0 aromatic rings. The maximum Gasteiger partial charge on any atom is 0.406 e. The Balaban J connectivity index is 5.53. The normalized spacial score (nSPS) is 15.3. The van der Waals surface area contributed by atoms with E-state index < -0.39 is 23.3 Å². The molecule has 104 valence electrons. The molecule has 0 amide bonds. The van der Waals surface area contributed by atoms with Gasteiger partial charge < -0.3 is 0 Å². The molecule has 18 heavy (non-hydrogen) atoms. The van der Waals surface area contributed by atoms with Crippen molar-refractivity contribution < 1.29 is 26.3 Å². The molecule has 0 saturated carbocycles. The predicted molar refractivity (Wildman–Crippen MR) is 57.9 cm³/mol. The van der Waals surface area contributed by atoms with Gasteiger partial charge in [0.15, 0.2) is 5.41 Å². The lowest BCUT2D eigenvalue weighted by Crippen LogP contribution is -2.48. The van der Waals surface area contributed by atoms with Crippen LogP contribution in [0.2, 0.25) is 0 Å². The van der Waals surface area contributed by atoms with Crippen LogP contribution in [0.3, 0.4) is 0 Å². The molecule has 0 saturated heterocycles. The Labute approximate surface area is 102 Å². The lowest BCUT2D eigenvalue weighted by molar-refractivity contribution is -0.317. The van der Waals surface area contributed by atoms with Crippen molar-refractivity contribution >= 4 is 0 Å². The van der Waals surface area contributed by atoms with Crippen molar-refractivity contribution in [2.45, 2.75) is 33.1 Å². The minimum atomic E-state index is -5.45. The van der Waals surface area contributed by atoms with E-state index in [1.54, 1.807) is 19.9 Å². The molecule has 0 N–H and O–H groups in total. The molecule has 0 spiro atoms. The number of alkyl halides is 6. The van der Waals surface area contributed by atoms with Gasteiger partial charge in [0.05, 0.1) is 0 Å². The highest BCUT2D eigenvalue weighted by Gasteiger charge is 2.68. The Morgan fingerprint density at radius 3 is 1.61 bits per heavy atom. The summed E-state index contributed by atoms with van der Waals surface area (Å²) in [6, 6.07) is 0. The zero-order valence-electron chi connectivity index (χ0n) is 10.2. The van der Waals surface area contributed by atoms with Gasteiger partial charge in [0.1, 0.15) is 0 Å². The summed E-state index contributed by atoms with van der Waals surface area (Å²) in [5, 5.41) is 0. The van der Waals surface area contributed by atoms with E-state index in [9.17, 15) is 26.3 Å². The Morgan fingerprint density at radius 2 is 1.33 bits per heavy atom. The van der Waals surface area contributed by atoms with Gasteiger partial charge in [0, 0.05) is 0 Å². The molecular formula is C12H14F6. The number of hydrogen-bond donors (Lipinski definition) is 0. The molecular weight excluding hydrogens is 258 g/mol. The summed E-state index contributed by atoms with van der Waals surface area (Å²) in [4.78, 5) is 0. The van der Waals surface area contributed by atoms with Gasteiger partial charge in [0.2, 0.25) is 0 Å². The van der Waals surface area contributed by atoms with Crippen LogP contribution in [-0.2, 0) is 0 Å². The summed E-state index contributed by atoms with van der Waals surface area (Å²) in [5.41, 5.74) is -4.43. The molecule has 0 rings (SSSR count). The van der Waals surface area contributed by atoms with Gasteiger partial charge in [-0.05, 0) is 26.3 Å². The molecule has 6 heteroatoms. The molecule has 0 aromatic carbocycles. The van der Waals surface area contributed by atoms with Crippen LogP contribution in [0.1, 0.15) is 20.8 Å².